The number of carbonyl (C=O) groups excluding carboxylic acids is 1. The Bertz CT molecular complexity index is 654. The molecule has 2 aromatic carbocycles. The van der Waals surface area contributed by atoms with Crippen molar-refractivity contribution >= 4 is 23.7 Å². The normalized spacial score (nSPS) is 10.8. The smallest absolute Gasteiger partial charge is 0.267 e. The summed E-state index contributed by atoms with van der Waals surface area (Å²) < 4.78 is 26.6. The predicted octanol–water partition coefficient (Wildman–Crippen LogP) is 3.38. The molecule has 0 spiro atoms. The maximum absolute atomic E-state index is 13.3. The van der Waals surface area contributed by atoms with Gasteiger partial charge in [-0.1, -0.05) is 29.8 Å². The third kappa shape index (κ3) is 3.19. The van der Waals surface area contributed by atoms with Gasteiger partial charge in [0.15, 0.2) is 0 Å². The summed E-state index contributed by atoms with van der Waals surface area (Å²) in [7, 11) is 0. The number of hydrazone groups is 1. The Morgan fingerprint density at radius 2 is 1.75 bits per heavy atom. The van der Waals surface area contributed by atoms with E-state index < -0.39 is 17.5 Å². The highest BCUT2D eigenvalue weighted by molar-refractivity contribution is 6.33. The van der Waals surface area contributed by atoms with Crippen LogP contribution in [0.1, 0.15) is 15.9 Å². The van der Waals surface area contributed by atoms with Crippen molar-refractivity contribution in [1.82, 2.24) is 5.43 Å². The van der Waals surface area contributed by atoms with Gasteiger partial charge in [-0.05, 0) is 24.3 Å². The molecule has 0 atom stereocenters. The van der Waals surface area contributed by atoms with Crippen molar-refractivity contribution in [2.24, 2.45) is 5.10 Å². The van der Waals surface area contributed by atoms with Gasteiger partial charge in [-0.3, -0.25) is 4.79 Å². The molecule has 0 bridgehead atoms. The maximum atomic E-state index is 13.3. The fourth-order valence-corrected chi connectivity index (χ4v) is 1.72. The zero-order valence-corrected chi connectivity index (χ0v) is 10.9. The van der Waals surface area contributed by atoms with E-state index in [1.165, 1.54) is 12.1 Å². The molecule has 0 aromatic heterocycles. The van der Waals surface area contributed by atoms with Gasteiger partial charge >= 0.3 is 0 Å². The Balaban J connectivity index is 2.11. The second-order valence-corrected chi connectivity index (χ2v) is 4.22. The molecule has 0 fully saturated rings. The number of nitrogens with one attached hydrogen (secondary N) is 1. The number of rotatable bonds is 3. The fourth-order valence-electron chi connectivity index (χ4n) is 1.50. The quantitative estimate of drug-likeness (QED) is 0.684. The summed E-state index contributed by atoms with van der Waals surface area (Å²) in [5.74, 6) is -2.09. The average Bonchev–Trinajstić information content (AvgIpc) is 2.42. The lowest BCUT2D eigenvalue weighted by molar-refractivity contribution is 0.0955. The molecule has 0 saturated heterocycles. The summed E-state index contributed by atoms with van der Waals surface area (Å²) in [6, 6.07) is 9.82. The minimum absolute atomic E-state index is 0.223. The van der Waals surface area contributed by atoms with Crippen molar-refractivity contribution in [2.45, 2.75) is 0 Å². The molecule has 0 saturated carbocycles. The molecule has 3 nitrogen and oxygen atoms in total. The van der Waals surface area contributed by atoms with Crippen LogP contribution in [-0.4, -0.2) is 12.1 Å². The lowest BCUT2D eigenvalue weighted by atomic mass is 10.2. The van der Waals surface area contributed by atoms with Crippen LogP contribution in [-0.2, 0) is 0 Å². The van der Waals surface area contributed by atoms with Gasteiger partial charge in [0.25, 0.3) is 5.91 Å². The molecule has 2 rings (SSSR count). The molecule has 0 aliphatic rings. The van der Waals surface area contributed by atoms with Crippen molar-refractivity contribution in [2.75, 3.05) is 0 Å². The molecule has 0 aliphatic carbocycles. The largest absolute Gasteiger partial charge is 0.272 e. The number of nitrogens with zero attached hydrogens (tertiary/aromatic N) is 1. The number of hydrogen-bond donors (Lipinski definition) is 1. The van der Waals surface area contributed by atoms with E-state index in [4.69, 9.17) is 11.6 Å². The maximum Gasteiger partial charge on any atom is 0.272 e. The number of benzene rings is 2. The van der Waals surface area contributed by atoms with Crippen molar-refractivity contribution in [3.05, 3.63) is 70.2 Å². The molecular formula is C14H9ClF2N2O. The van der Waals surface area contributed by atoms with Crippen LogP contribution in [0.2, 0.25) is 5.02 Å². The molecule has 1 N–H and O–H groups in total. The third-order valence-electron chi connectivity index (χ3n) is 2.48. The first-order valence-corrected chi connectivity index (χ1v) is 5.99. The lowest BCUT2D eigenvalue weighted by Crippen LogP contribution is -2.18. The number of amides is 1. The minimum Gasteiger partial charge on any atom is -0.267 e. The van der Waals surface area contributed by atoms with E-state index in [0.717, 1.165) is 18.3 Å². The molecule has 102 valence electrons. The second kappa shape index (κ2) is 6.25. The highest BCUT2D eigenvalue weighted by atomic mass is 35.5. The molecule has 0 aliphatic heterocycles. The highest BCUT2D eigenvalue weighted by Crippen LogP contribution is 2.14. The first-order chi connectivity index (χ1) is 9.59. The fraction of sp³-hybridized carbons (Fsp3) is 0. The summed E-state index contributed by atoms with van der Waals surface area (Å²) in [5, 5.41) is 3.78. The summed E-state index contributed by atoms with van der Waals surface area (Å²) in [6.45, 7) is 0. The predicted molar refractivity (Wildman–Crippen MR) is 72.9 cm³/mol. The Kier molecular flexibility index (Phi) is 4.42. The SMILES string of the molecule is O=C(N/N=C\c1c(F)cccc1F)c1ccccc1Cl. The molecule has 0 unspecified atom stereocenters. The summed E-state index contributed by atoms with van der Waals surface area (Å²) in [5.41, 5.74) is 2.05. The highest BCUT2D eigenvalue weighted by Gasteiger charge is 2.09. The summed E-state index contributed by atoms with van der Waals surface area (Å²) >= 11 is 5.83. The van der Waals surface area contributed by atoms with Crippen LogP contribution in [0.4, 0.5) is 8.78 Å². The van der Waals surface area contributed by atoms with Gasteiger partial charge in [0.1, 0.15) is 11.6 Å². The van der Waals surface area contributed by atoms with Crippen molar-refractivity contribution in [3.63, 3.8) is 0 Å². The summed E-state index contributed by atoms with van der Waals surface area (Å²) in [4.78, 5) is 11.7. The Morgan fingerprint density at radius 1 is 1.10 bits per heavy atom. The van der Waals surface area contributed by atoms with E-state index in [1.54, 1.807) is 18.2 Å². The van der Waals surface area contributed by atoms with Crippen LogP contribution in [0.15, 0.2) is 47.6 Å². The van der Waals surface area contributed by atoms with Crippen LogP contribution in [0.25, 0.3) is 0 Å². The molecule has 0 radical (unpaired) electrons. The minimum atomic E-state index is -0.763. The summed E-state index contributed by atoms with van der Waals surface area (Å²) in [6.07, 6.45) is 0.902. The van der Waals surface area contributed by atoms with E-state index in [2.05, 4.69) is 10.5 Å². The van der Waals surface area contributed by atoms with Crippen molar-refractivity contribution < 1.29 is 13.6 Å². The third-order valence-corrected chi connectivity index (χ3v) is 2.81. The molecule has 6 heteroatoms. The van der Waals surface area contributed by atoms with E-state index in [9.17, 15) is 13.6 Å². The van der Waals surface area contributed by atoms with Crippen LogP contribution in [0, 0.1) is 11.6 Å². The molecule has 1 amide bonds. The van der Waals surface area contributed by atoms with Gasteiger partial charge in [0.05, 0.1) is 22.4 Å². The van der Waals surface area contributed by atoms with E-state index in [-0.39, 0.29) is 16.1 Å². The zero-order chi connectivity index (χ0) is 14.5. The van der Waals surface area contributed by atoms with E-state index >= 15 is 0 Å². The van der Waals surface area contributed by atoms with Crippen LogP contribution in [0.5, 0.6) is 0 Å². The average molecular weight is 295 g/mol. The van der Waals surface area contributed by atoms with E-state index in [0.29, 0.717) is 0 Å². The van der Waals surface area contributed by atoms with Crippen LogP contribution in [0.3, 0.4) is 0 Å². The van der Waals surface area contributed by atoms with Crippen molar-refractivity contribution in [1.29, 1.82) is 0 Å². The van der Waals surface area contributed by atoms with Gasteiger partial charge in [-0.2, -0.15) is 5.10 Å². The molecule has 2 aromatic rings. The number of halogens is 3. The molecule has 0 heterocycles. The van der Waals surface area contributed by atoms with Gasteiger partial charge in [-0.25, -0.2) is 14.2 Å². The van der Waals surface area contributed by atoms with Gasteiger partial charge in [0, 0.05) is 0 Å². The number of carbonyl (C=O) groups is 1. The van der Waals surface area contributed by atoms with Gasteiger partial charge in [0.2, 0.25) is 0 Å². The Labute approximate surface area is 118 Å². The zero-order valence-electron chi connectivity index (χ0n) is 10.1. The van der Waals surface area contributed by atoms with Gasteiger partial charge < -0.3 is 0 Å². The van der Waals surface area contributed by atoms with Crippen LogP contribution >= 0.6 is 11.6 Å². The monoisotopic (exact) mass is 294 g/mol. The molecular weight excluding hydrogens is 286 g/mol. The topological polar surface area (TPSA) is 41.5 Å². The van der Waals surface area contributed by atoms with Crippen molar-refractivity contribution in [3.8, 4) is 0 Å². The first kappa shape index (κ1) is 14.1. The Morgan fingerprint density at radius 3 is 2.40 bits per heavy atom. The van der Waals surface area contributed by atoms with Gasteiger partial charge in [-0.15, -0.1) is 0 Å². The first-order valence-electron chi connectivity index (χ1n) is 5.61. The molecule has 20 heavy (non-hydrogen) atoms. The number of hydrogen-bond acceptors (Lipinski definition) is 2. The Hall–Kier alpha value is -2.27. The standard InChI is InChI=1S/C14H9ClF2N2O/c15-11-5-2-1-4-9(11)14(20)19-18-8-10-12(16)6-3-7-13(10)17/h1-8H,(H,19,20)/b18-8-. The van der Waals surface area contributed by atoms with Crippen LogP contribution < -0.4 is 5.43 Å². The second-order valence-electron chi connectivity index (χ2n) is 3.81. The van der Waals surface area contributed by atoms with E-state index in [1.807, 2.05) is 0 Å². The lowest BCUT2D eigenvalue weighted by Gasteiger charge is -2.02.